The standard InChI is InChI=1S/C23H36N4O4S/c1-31-13-12-27(22(30)17-8-4-2-5-9-17)15-21(29)26-23-25-19(16-32-23)14-20(28)24-18-10-6-3-7-11-18/h16-18H,2-15H2,1H3,(H,24,28)(H,25,26,29). The topological polar surface area (TPSA) is 101 Å². The summed E-state index contributed by atoms with van der Waals surface area (Å²) in [5.41, 5.74) is 0.646. The van der Waals surface area contributed by atoms with Crippen molar-refractivity contribution in [3.63, 3.8) is 0 Å². The minimum atomic E-state index is -0.280. The first-order valence-electron chi connectivity index (χ1n) is 11.9. The lowest BCUT2D eigenvalue weighted by atomic mass is 9.88. The van der Waals surface area contributed by atoms with Crippen molar-refractivity contribution in [3.05, 3.63) is 11.1 Å². The number of carbonyl (C=O) groups is 3. The smallest absolute Gasteiger partial charge is 0.245 e. The van der Waals surface area contributed by atoms with Crippen molar-refractivity contribution < 1.29 is 19.1 Å². The first kappa shape index (κ1) is 24.6. The van der Waals surface area contributed by atoms with E-state index < -0.39 is 0 Å². The van der Waals surface area contributed by atoms with Gasteiger partial charge in [-0.1, -0.05) is 38.5 Å². The van der Waals surface area contributed by atoms with E-state index in [1.807, 2.05) is 0 Å². The van der Waals surface area contributed by atoms with Gasteiger partial charge in [0.25, 0.3) is 0 Å². The average molecular weight is 465 g/mol. The molecule has 2 aliphatic rings. The average Bonchev–Trinajstić information content (AvgIpc) is 3.23. The Morgan fingerprint density at radius 3 is 2.44 bits per heavy atom. The van der Waals surface area contributed by atoms with Crippen LogP contribution >= 0.6 is 11.3 Å². The molecule has 1 heterocycles. The fourth-order valence-electron chi connectivity index (χ4n) is 4.54. The van der Waals surface area contributed by atoms with Crippen molar-refractivity contribution in [1.82, 2.24) is 15.2 Å². The Kier molecular flexibility index (Phi) is 9.92. The highest BCUT2D eigenvalue weighted by Crippen LogP contribution is 2.25. The molecule has 0 unspecified atom stereocenters. The van der Waals surface area contributed by atoms with Crippen LogP contribution in [0.3, 0.4) is 0 Å². The highest BCUT2D eigenvalue weighted by atomic mass is 32.1. The van der Waals surface area contributed by atoms with E-state index in [0.29, 0.717) is 24.0 Å². The molecule has 2 saturated carbocycles. The molecule has 0 aromatic carbocycles. The minimum Gasteiger partial charge on any atom is -0.383 e. The fraction of sp³-hybridized carbons (Fsp3) is 0.739. The number of amides is 3. The summed E-state index contributed by atoms with van der Waals surface area (Å²) in [6, 6.07) is 0.272. The number of aromatic nitrogens is 1. The molecule has 8 nitrogen and oxygen atoms in total. The van der Waals surface area contributed by atoms with E-state index in [-0.39, 0.29) is 42.6 Å². The summed E-state index contributed by atoms with van der Waals surface area (Å²) in [4.78, 5) is 43.8. The van der Waals surface area contributed by atoms with Gasteiger partial charge in [0.05, 0.1) is 18.7 Å². The molecular weight excluding hydrogens is 428 g/mol. The molecule has 0 radical (unpaired) electrons. The first-order valence-corrected chi connectivity index (χ1v) is 12.7. The van der Waals surface area contributed by atoms with Gasteiger partial charge in [0, 0.05) is 31.0 Å². The number of carbonyl (C=O) groups excluding carboxylic acids is 3. The SMILES string of the molecule is COCCN(CC(=O)Nc1nc(CC(=O)NC2CCCCC2)cs1)C(=O)C1CCCCC1. The van der Waals surface area contributed by atoms with Gasteiger partial charge < -0.3 is 20.3 Å². The lowest BCUT2D eigenvalue weighted by Crippen LogP contribution is -2.43. The number of nitrogens with zero attached hydrogens (tertiary/aromatic N) is 2. The summed E-state index contributed by atoms with van der Waals surface area (Å²) < 4.78 is 5.13. The van der Waals surface area contributed by atoms with Crippen molar-refractivity contribution >= 4 is 34.2 Å². The lowest BCUT2D eigenvalue weighted by Gasteiger charge is -2.28. The van der Waals surface area contributed by atoms with Crippen molar-refractivity contribution in [2.75, 3.05) is 32.1 Å². The highest BCUT2D eigenvalue weighted by molar-refractivity contribution is 7.13. The molecule has 9 heteroatoms. The zero-order valence-corrected chi connectivity index (χ0v) is 19.9. The van der Waals surface area contributed by atoms with Gasteiger partial charge in [-0.2, -0.15) is 0 Å². The van der Waals surface area contributed by atoms with E-state index in [1.54, 1.807) is 17.4 Å². The Bertz CT molecular complexity index is 757. The number of rotatable bonds is 10. The normalized spacial score (nSPS) is 17.7. The number of nitrogens with one attached hydrogen (secondary N) is 2. The molecule has 0 atom stereocenters. The maximum absolute atomic E-state index is 12.9. The predicted molar refractivity (Wildman–Crippen MR) is 124 cm³/mol. The van der Waals surface area contributed by atoms with Crippen LogP contribution in [-0.4, -0.2) is 60.5 Å². The van der Waals surface area contributed by atoms with Crippen molar-refractivity contribution in [3.8, 4) is 0 Å². The quantitative estimate of drug-likeness (QED) is 0.554. The highest BCUT2D eigenvalue weighted by Gasteiger charge is 2.27. The van der Waals surface area contributed by atoms with Crippen LogP contribution < -0.4 is 10.6 Å². The van der Waals surface area contributed by atoms with Gasteiger partial charge in [-0.15, -0.1) is 11.3 Å². The van der Waals surface area contributed by atoms with Crippen molar-refractivity contribution in [1.29, 1.82) is 0 Å². The minimum absolute atomic E-state index is 0.00236. The predicted octanol–water partition coefficient (Wildman–Crippen LogP) is 3.13. The third-order valence-corrected chi connectivity index (χ3v) is 7.08. The summed E-state index contributed by atoms with van der Waals surface area (Å²) in [6.07, 6.45) is 11.0. The van der Waals surface area contributed by atoms with Gasteiger partial charge in [0.1, 0.15) is 6.54 Å². The first-order chi connectivity index (χ1) is 15.5. The Morgan fingerprint density at radius 1 is 1.06 bits per heavy atom. The number of hydrogen-bond acceptors (Lipinski definition) is 6. The summed E-state index contributed by atoms with van der Waals surface area (Å²) >= 11 is 1.30. The van der Waals surface area contributed by atoms with Crippen LogP contribution in [0.25, 0.3) is 0 Å². The summed E-state index contributed by atoms with van der Waals surface area (Å²) in [6.45, 7) is 0.767. The third kappa shape index (κ3) is 7.85. The number of ether oxygens (including phenoxy) is 1. The molecule has 3 rings (SSSR count). The molecule has 1 aromatic rings. The van der Waals surface area contributed by atoms with Crippen LogP contribution in [-0.2, 0) is 25.5 Å². The molecule has 0 spiro atoms. The summed E-state index contributed by atoms with van der Waals surface area (Å²) in [7, 11) is 1.59. The Balaban J connectivity index is 1.48. The van der Waals surface area contributed by atoms with E-state index in [1.165, 1.54) is 37.0 Å². The van der Waals surface area contributed by atoms with E-state index in [0.717, 1.165) is 38.5 Å². The van der Waals surface area contributed by atoms with Crippen LogP contribution in [0.4, 0.5) is 5.13 Å². The molecule has 1 aromatic heterocycles. The van der Waals surface area contributed by atoms with E-state index >= 15 is 0 Å². The second kappa shape index (κ2) is 12.9. The molecule has 2 N–H and O–H groups in total. The molecule has 178 valence electrons. The van der Waals surface area contributed by atoms with Gasteiger partial charge in [-0.25, -0.2) is 4.98 Å². The molecule has 2 fully saturated rings. The number of hydrogen-bond donors (Lipinski definition) is 2. The number of thiazole rings is 1. The Labute approximate surface area is 194 Å². The van der Waals surface area contributed by atoms with Crippen LogP contribution in [0.15, 0.2) is 5.38 Å². The monoisotopic (exact) mass is 464 g/mol. The summed E-state index contributed by atoms with van der Waals surface area (Å²) in [5.74, 6) is -0.264. The maximum atomic E-state index is 12.9. The molecule has 3 amide bonds. The molecule has 2 aliphatic carbocycles. The van der Waals surface area contributed by atoms with Crippen LogP contribution in [0, 0.1) is 5.92 Å². The van der Waals surface area contributed by atoms with Gasteiger partial charge in [-0.3, -0.25) is 14.4 Å². The van der Waals surface area contributed by atoms with Gasteiger partial charge >= 0.3 is 0 Å². The lowest BCUT2D eigenvalue weighted by molar-refractivity contribution is -0.139. The van der Waals surface area contributed by atoms with Gasteiger partial charge in [-0.05, 0) is 25.7 Å². The Hall–Kier alpha value is -2.00. The number of anilines is 1. The van der Waals surface area contributed by atoms with Gasteiger partial charge in [0.2, 0.25) is 17.7 Å². The van der Waals surface area contributed by atoms with Crippen LogP contribution in [0.5, 0.6) is 0 Å². The summed E-state index contributed by atoms with van der Waals surface area (Å²) in [5, 5.41) is 8.12. The molecule has 0 saturated heterocycles. The maximum Gasteiger partial charge on any atom is 0.245 e. The van der Waals surface area contributed by atoms with Crippen molar-refractivity contribution in [2.45, 2.75) is 76.7 Å². The van der Waals surface area contributed by atoms with Crippen molar-refractivity contribution in [2.24, 2.45) is 5.92 Å². The second-order valence-electron chi connectivity index (χ2n) is 8.86. The molecule has 0 bridgehead atoms. The molecular formula is C23H36N4O4S. The molecule has 32 heavy (non-hydrogen) atoms. The van der Waals surface area contributed by atoms with E-state index in [9.17, 15) is 14.4 Å². The third-order valence-electron chi connectivity index (χ3n) is 6.28. The zero-order valence-electron chi connectivity index (χ0n) is 19.1. The van der Waals surface area contributed by atoms with E-state index in [2.05, 4.69) is 15.6 Å². The molecule has 0 aliphatic heterocycles. The largest absolute Gasteiger partial charge is 0.383 e. The van der Waals surface area contributed by atoms with Crippen LogP contribution in [0.1, 0.15) is 69.9 Å². The van der Waals surface area contributed by atoms with Gasteiger partial charge in [0.15, 0.2) is 5.13 Å². The van der Waals surface area contributed by atoms with E-state index in [4.69, 9.17) is 4.74 Å². The number of methoxy groups -OCH3 is 1. The zero-order chi connectivity index (χ0) is 22.8. The Morgan fingerprint density at radius 2 is 1.75 bits per heavy atom. The van der Waals surface area contributed by atoms with Crippen LogP contribution in [0.2, 0.25) is 0 Å². The fourth-order valence-corrected chi connectivity index (χ4v) is 5.27. The second-order valence-corrected chi connectivity index (χ2v) is 9.72.